The summed E-state index contributed by atoms with van der Waals surface area (Å²) in [5, 5.41) is 13.0. The lowest BCUT2D eigenvalue weighted by atomic mass is 9.99. The van der Waals surface area contributed by atoms with Crippen LogP contribution in [0.1, 0.15) is 41.3 Å². The van der Waals surface area contributed by atoms with Gasteiger partial charge in [-0.25, -0.2) is 9.37 Å². The van der Waals surface area contributed by atoms with Crippen LogP contribution in [0.5, 0.6) is 11.6 Å². The second-order valence-corrected chi connectivity index (χ2v) is 10.3. The number of amides is 1. The summed E-state index contributed by atoms with van der Waals surface area (Å²) < 4.78 is 19.6. The minimum atomic E-state index is -0.470. The molecule has 2 N–H and O–H groups in total. The van der Waals surface area contributed by atoms with Crippen LogP contribution in [-0.2, 0) is 17.8 Å². The largest absolute Gasteiger partial charge is 0.436 e. The molecule has 38 heavy (non-hydrogen) atoms. The van der Waals surface area contributed by atoms with Gasteiger partial charge in [0.25, 0.3) is 0 Å². The predicted octanol–water partition coefficient (Wildman–Crippen LogP) is 5.99. The van der Waals surface area contributed by atoms with Gasteiger partial charge in [0.15, 0.2) is 11.6 Å². The van der Waals surface area contributed by atoms with Crippen molar-refractivity contribution in [3.05, 3.63) is 88.5 Å². The van der Waals surface area contributed by atoms with E-state index >= 15 is 0 Å². The smallest absolute Gasteiger partial charge is 0.237 e. The fourth-order valence-electron chi connectivity index (χ4n) is 4.24. The second-order valence-electron chi connectivity index (χ2n) is 9.13. The average molecular weight is 531 g/mol. The van der Waals surface area contributed by atoms with E-state index in [1.165, 1.54) is 36.0 Å². The molecule has 4 aromatic rings. The summed E-state index contributed by atoms with van der Waals surface area (Å²) >= 11 is 1.34. The zero-order chi connectivity index (χ0) is 26.8. The number of hydrogen-bond donors (Lipinski definition) is 2. The summed E-state index contributed by atoms with van der Waals surface area (Å²) in [5.74, 6) is 0.927. The summed E-state index contributed by atoms with van der Waals surface area (Å²) in [4.78, 5) is 27.2. The first-order chi connectivity index (χ1) is 18.4. The number of fused-ring (bicyclic) bond motifs is 2. The van der Waals surface area contributed by atoms with Crippen LogP contribution in [0.25, 0.3) is 11.4 Å². The first-order valence-corrected chi connectivity index (χ1v) is 13.2. The maximum Gasteiger partial charge on any atom is 0.237 e. The van der Waals surface area contributed by atoms with Crippen molar-refractivity contribution in [1.82, 2.24) is 15.0 Å². The van der Waals surface area contributed by atoms with E-state index in [1.807, 2.05) is 45.0 Å². The van der Waals surface area contributed by atoms with E-state index in [9.17, 15) is 14.3 Å². The lowest BCUT2D eigenvalue weighted by Gasteiger charge is -2.25. The molecule has 3 heterocycles. The number of carbonyl (C=O) groups excluding carboxylic acids is 1. The highest BCUT2D eigenvalue weighted by Crippen LogP contribution is 2.43. The van der Waals surface area contributed by atoms with E-state index in [0.717, 1.165) is 22.3 Å². The molecule has 0 spiro atoms. The van der Waals surface area contributed by atoms with Crippen molar-refractivity contribution in [3.63, 3.8) is 0 Å². The molecule has 7 nitrogen and oxygen atoms in total. The molecule has 1 unspecified atom stereocenters. The Bertz CT molecular complexity index is 1490. The maximum atomic E-state index is 13.3. The summed E-state index contributed by atoms with van der Waals surface area (Å²) in [6, 6.07) is 13.6. The van der Waals surface area contributed by atoms with Gasteiger partial charge in [0.1, 0.15) is 10.8 Å². The van der Waals surface area contributed by atoms with Crippen LogP contribution in [-0.4, -0.2) is 31.2 Å². The number of aliphatic hydroxyl groups excluding tert-OH is 1. The molecule has 0 saturated heterocycles. The molecule has 2 aromatic heterocycles. The summed E-state index contributed by atoms with van der Waals surface area (Å²) in [6.07, 6.45) is 2.64. The highest BCUT2D eigenvalue weighted by atomic mass is 32.2. The number of anilines is 1. The highest BCUT2D eigenvalue weighted by Gasteiger charge is 2.30. The van der Waals surface area contributed by atoms with Gasteiger partial charge in [0.2, 0.25) is 11.8 Å². The number of hydrogen-bond acceptors (Lipinski definition) is 7. The number of nitrogens with zero attached hydrogens (tertiary/aromatic N) is 3. The highest BCUT2D eigenvalue weighted by molar-refractivity contribution is 8.00. The number of rotatable bonds is 7. The molecule has 2 aromatic carbocycles. The Labute approximate surface area is 224 Å². The molecular weight excluding hydrogens is 503 g/mol. The maximum absolute atomic E-state index is 13.3. The minimum Gasteiger partial charge on any atom is -0.436 e. The van der Waals surface area contributed by atoms with Gasteiger partial charge in [-0.3, -0.25) is 9.78 Å². The Balaban J connectivity index is 1.54. The summed E-state index contributed by atoms with van der Waals surface area (Å²) in [6.45, 7) is 5.63. The van der Waals surface area contributed by atoms with E-state index in [4.69, 9.17) is 14.7 Å². The molecule has 1 aliphatic heterocycles. The fourth-order valence-corrected chi connectivity index (χ4v) is 5.28. The van der Waals surface area contributed by atoms with Crippen molar-refractivity contribution in [2.24, 2.45) is 0 Å². The third-order valence-corrected chi connectivity index (χ3v) is 7.79. The molecule has 9 heteroatoms. The van der Waals surface area contributed by atoms with E-state index in [-0.39, 0.29) is 18.3 Å². The molecule has 0 saturated carbocycles. The minimum absolute atomic E-state index is 0.170. The average Bonchev–Trinajstić information content (AvgIpc) is 2.92. The molecule has 0 bridgehead atoms. The number of pyridine rings is 1. The third-order valence-electron chi connectivity index (χ3n) is 6.40. The monoisotopic (exact) mass is 530 g/mol. The number of benzene rings is 2. The van der Waals surface area contributed by atoms with Crippen molar-refractivity contribution in [2.45, 2.75) is 50.5 Å². The van der Waals surface area contributed by atoms with Crippen LogP contribution in [0.4, 0.5) is 10.1 Å². The second kappa shape index (κ2) is 10.9. The SMILES string of the molecule is CCC(Sc1nc(-c2ccc(C)cc2)nc2c1Cc1c(CO)cnc(C)c1O2)C(=O)Nc1ccc(F)cc1. The van der Waals surface area contributed by atoms with Crippen molar-refractivity contribution in [3.8, 4) is 23.0 Å². The van der Waals surface area contributed by atoms with Gasteiger partial charge in [-0.2, -0.15) is 4.98 Å². The number of nitrogens with one attached hydrogen (secondary N) is 1. The first-order valence-electron chi connectivity index (χ1n) is 12.3. The Kier molecular flexibility index (Phi) is 7.40. The molecular formula is C29H27FN4O3S. The molecule has 0 radical (unpaired) electrons. The van der Waals surface area contributed by atoms with Crippen LogP contribution in [0.15, 0.2) is 59.8 Å². The van der Waals surface area contributed by atoms with E-state index in [1.54, 1.807) is 6.20 Å². The Morgan fingerprint density at radius 3 is 2.53 bits per heavy atom. The zero-order valence-electron chi connectivity index (χ0n) is 21.3. The molecule has 0 aliphatic carbocycles. The third kappa shape index (κ3) is 5.25. The van der Waals surface area contributed by atoms with Gasteiger partial charge >= 0.3 is 0 Å². The Morgan fingerprint density at radius 1 is 1.11 bits per heavy atom. The van der Waals surface area contributed by atoms with Gasteiger partial charge < -0.3 is 15.2 Å². The van der Waals surface area contributed by atoms with Gasteiger partial charge in [-0.15, -0.1) is 0 Å². The van der Waals surface area contributed by atoms with Gasteiger partial charge in [-0.1, -0.05) is 48.5 Å². The number of aryl methyl sites for hydroxylation is 2. The molecule has 194 valence electrons. The van der Waals surface area contributed by atoms with Crippen molar-refractivity contribution < 1.29 is 19.0 Å². The number of thioether (sulfide) groups is 1. The molecule has 1 aliphatic rings. The fraction of sp³-hybridized carbons (Fsp3) is 0.241. The standard InChI is InChI=1S/C29H27FN4O3S/c1-4-24(27(36)32-21-11-9-20(30)10-12-21)38-29-23-13-22-19(15-35)14-31-17(3)25(22)37-28(23)33-26(34-29)18-7-5-16(2)6-8-18/h5-12,14,24,35H,4,13,15H2,1-3H3,(H,32,36). The quantitative estimate of drug-likeness (QED) is 0.197. The van der Waals surface area contributed by atoms with Gasteiger partial charge in [-0.05, 0) is 44.5 Å². The van der Waals surface area contributed by atoms with Crippen LogP contribution >= 0.6 is 11.8 Å². The van der Waals surface area contributed by atoms with Crippen LogP contribution in [0.2, 0.25) is 0 Å². The van der Waals surface area contributed by atoms with Crippen LogP contribution in [0.3, 0.4) is 0 Å². The number of halogens is 1. The number of aliphatic hydroxyl groups is 1. The van der Waals surface area contributed by atoms with Crippen LogP contribution in [0, 0.1) is 19.7 Å². The number of aromatic nitrogens is 3. The number of carbonyl (C=O) groups is 1. The van der Waals surface area contributed by atoms with Gasteiger partial charge in [0.05, 0.1) is 23.1 Å². The number of ether oxygens (including phenoxy) is 1. The lowest BCUT2D eigenvalue weighted by molar-refractivity contribution is -0.115. The predicted molar refractivity (Wildman–Crippen MR) is 145 cm³/mol. The summed E-state index contributed by atoms with van der Waals surface area (Å²) in [5.41, 5.74) is 5.45. The van der Waals surface area contributed by atoms with E-state index in [0.29, 0.717) is 52.3 Å². The van der Waals surface area contributed by atoms with Crippen LogP contribution < -0.4 is 10.1 Å². The normalized spacial score (nSPS) is 12.8. The first kappa shape index (κ1) is 25.8. The lowest BCUT2D eigenvalue weighted by Crippen LogP contribution is -2.25. The molecule has 0 fully saturated rings. The zero-order valence-corrected chi connectivity index (χ0v) is 22.1. The van der Waals surface area contributed by atoms with E-state index in [2.05, 4.69) is 10.3 Å². The van der Waals surface area contributed by atoms with Crippen molar-refractivity contribution in [2.75, 3.05) is 5.32 Å². The topological polar surface area (TPSA) is 97.2 Å². The molecule has 1 atom stereocenters. The van der Waals surface area contributed by atoms with Crippen molar-refractivity contribution >= 4 is 23.4 Å². The van der Waals surface area contributed by atoms with E-state index < -0.39 is 5.25 Å². The molecule has 5 rings (SSSR count). The Morgan fingerprint density at radius 2 is 1.84 bits per heavy atom. The molecule has 1 amide bonds. The van der Waals surface area contributed by atoms with Gasteiger partial charge in [0, 0.05) is 35.0 Å². The van der Waals surface area contributed by atoms with Crippen molar-refractivity contribution in [1.29, 1.82) is 0 Å². The summed E-state index contributed by atoms with van der Waals surface area (Å²) in [7, 11) is 0. The Hall–Kier alpha value is -3.82.